The number of rotatable bonds is 6. The molecule has 66 heavy (non-hydrogen) atoms. The van der Waals surface area contributed by atoms with Crippen molar-refractivity contribution in [1.82, 2.24) is 4.57 Å². The molecule has 3 aromatic heterocycles. The van der Waals surface area contributed by atoms with E-state index < -0.39 is 0 Å². The molecule has 0 saturated heterocycles. The number of hydrogen-bond donors (Lipinski definition) is 0. The van der Waals surface area contributed by atoms with E-state index in [9.17, 15) is 0 Å². The average molecular weight is 843 g/mol. The smallest absolute Gasteiger partial charge is 0.145 e. The highest BCUT2D eigenvalue weighted by molar-refractivity contribution is 6.18. The normalized spacial score (nSPS) is 11.9. The predicted molar refractivity (Wildman–Crippen MR) is 276 cm³/mol. The van der Waals surface area contributed by atoms with Crippen molar-refractivity contribution in [2.24, 2.45) is 0 Å². The molecule has 14 aromatic rings. The Morgan fingerprint density at radius 2 is 0.894 bits per heavy atom. The van der Waals surface area contributed by atoms with Crippen LogP contribution in [0.4, 0.5) is 17.1 Å². The quantitative estimate of drug-likeness (QED) is 0.156. The van der Waals surface area contributed by atoms with Crippen LogP contribution in [0, 0.1) is 0 Å². The van der Waals surface area contributed by atoms with Crippen LogP contribution in [0.3, 0.4) is 0 Å². The van der Waals surface area contributed by atoms with E-state index in [1.54, 1.807) is 0 Å². The fraction of sp³-hybridized carbons (Fsp3) is 0. The maximum atomic E-state index is 7.05. The third-order valence-corrected chi connectivity index (χ3v) is 13.5. The SMILES string of the molecule is c1cc(-c2cccc3c2oc2ccccc23)cc(N(c2ccc3c(oc4ccccc43)c2-c2cccc(-n3c4ccccc4c4ccccc43)c2)c2cc3ccccc3c3ccccc23)c1. The Morgan fingerprint density at radius 3 is 1.65 bits per heavy atom. The van der Waals surface area contributed by atoms with E-state index >= 15 is 0 Å². The molecule has 11 aromatic carbocycles. The van der Waals surface area contributed by atoms with Crippen molar-refractivity contribution in [2.75, 3.05) is 4.90 Å². The zero-order valence-corrected chi connectivity index (χ0v) is 35.7. The predicted octanol–water partition coefficient (Wildman–Crippen LogP) is 17.7. The van der Waals surface area contributed by atoms with Gasteiger partial charge in [0.15, 0.2) is 0 Å². The maximum Gasteiger partial charge on any atom is 0.145 e. The lowest BCUT2D eigenvalue weighted by Gasteiger charge is -2.30. The van der Waals surface area contributed by atoms with Gasteiger partial charge in [-0.05, 0) is 94.0 Å². The highest BCUT2D eigenvalue weighted by Crippen LogP contribution is 2.50. The van der Waals surface area contributed by atoms with E-state index in [0.717, 1.165) is 94.3 Å². The zero-order valence-electron chi connectivity index (χ0n) is 35.7. The summed E-state index contributed by atoms with van der Waals surface area (Å²) in [5.74, 6) is 0. The largest absolute Gasteiger partial charge is 0.455 e. The molecule has 0 radical (unpaired) electrons. The fourth-order valence-electron chi connectivity index (χ4n) is 10.7. The van der Waals surface area contributed by atoms with Crippen molar-refractivity contribution in [3.05, 3.63) is 231 Å². The molecule has 0 aliphatic heterocycles. The van der Waals surface area contributed by atoms with Crippen LogP contribution < -0.4 is 4.90 Å². The first-order valence-corrected chi connectivity index (χ1v) is 22.5. The van der Waals surface area contributed by atoms with E-state index in [0.29, 0.717) is 0 Å². The molecule has 0 saturated carbocycles. The van der Waals surface area contributed by atoms with Gasteiger partial charge < -0.3 is 18.3 Å². The van der Waals surface area contributed by atoms with Crippen LogP contribution in [0.1, 0.15) is 0 Å². The molecule has 0 bridgehead atoms. The number of benzene rings is 11. The van der Waals surface area contributed by atoms with Gasteiger partial charge in [-0.1, -0.05) is 164 Å². The van der Waals surface area contributed by atoms with Crippen LogP contribution in [0.15, 0.2) is 239 Å². The molecule has 0 unspecified atom stereocenters. The zero-order chi connectivity index (χ0) is 43.3. The summed E-state index contributed by atoms with van der Waals surface area (Å²) < 4.78 is 16.1. The van der Waals surface area contributed by atoms with Crippen LogP contribution in [0.5, 0.6) is 0 Å². The third-order valence-electron chi connectivity index (χ3n) is 13.5. The van der Waals surface area contributed by atoms with E-state index in [1.807, 2.05) is 12.1 Å². The second-order valence-electron chi connectivity index (χ2n) is 17.2. The van der Waals surface area contributed by atoms with Crippen molar-refractivity contribution in [3.8, 4) is 27.9 Å². The summed E-state index contributed by atoms with van der Waals surface area (Å²) >= 11 is 0. The van der Waals surface area contributed by atoms with Crippen LogP contribution in [-0.4, -0.2) is 4.57 Å². The minimum atomic E-state index is 0.839. The third kappa shape index (κ3) is 5.45. The van der Waals surface area contributed by atoms with Gasteiger partial charge in [0.1, 0.15) is 22.3 Å². The lowest BCUT2D eigenvalue weighted by molar-refractivity contribution is 0.669. The van der Waals surface area contributed by atoms with Crippen LogP contribution in [-0.2, 0) is 0 Å². The number of anilines is 3. The standard InChI is InChI=1S/C62H38N2O2/c1-2-21-44-40(16-1)38-57(47-23-4-3-22-46(44)47)64(42-19-13-17-39(36-42)45-28-15-29-52-50-26-7-11-32-58(50)65-61(45)52)56-35-34-53-51-27-8-12-33-59(51)66-62(53)60(56)41-18-14-20-43(37-41)63-54-30-9-5-24-48(54)49-25-6-10-31-55(49)63/h1-38H. The van der Waals surface area contributed by atoms with Gasteiger partial charge in [0.25, 0.3) is 0 Å². The highest BCUT2D eigenvalue weighted by atomic mass is 16.3. The Kier molecular flexibility index (Phi) is 7.95. The fourth-order valence-corrected chi connectivity index (χ4v) is 10.7. The van der Waals surface area contributed by atoms with Crippen molar-refractivity contribution in [2.45, 2.75) is 0 Å². The Balaban J connectivity index is 1.08. The van der Waals surface area contributed by atoms with E-state index in [1.165, 1.54) is 38.0 Å². The molecule has 4 nitrogen and oxygen atoms in total. The van der Waals surface area contributed by atoms with Crippen LogP contribution >= 0.6 is 0 Å². The van der Waals surface area contributed by atoms with Gasteiger partial charge in [0.2, 0.25) is 0 Å². The van der Waals surface area contributed by atoms with Gasteiger partial charge in [-0.25, -0.2) is 0 Å². The van der Waals surface area contributed by atoms with Crippen molar-refractivity contribution in [1.29, 1.82) is 0 Å². The van der Waals surface area contributed by atoms with E-state index in [4.69, 9.17) is 8.83 Å². The van der Waals surface area contributed by atoms with Gasteiger partial charge in [-0.3, -0.25) is 0 Å². The molecule has 3 heterocycles. The first-order valence-electron chi connectivity index (χ1n) is 22.5. The Bertz CT molecular complexity index is 4210. The summed E-state index contributed by atoms with van der Waals surface area (Å²) in [6, 6.07) is 82.8. The molecule has 308 valence electrons. The summed E-state index contributed by atoms with van der Waals surface area (Å²) in [5, 5.41) is 11.6. The molecule has 14 rings (SSSR count). The van der Waals surface area contributed by atoms with Crippen molar-refractivity contribution in [3.63, 3.8) is 0 Å². The Morgan fingerprint density at radius 1 is 0.333 bits per heavy atom. The van der Waals surface area contributed by atoms with Crippen molar-refractivity contribution < 1.29 is 8.83 Å². The molecule has 0 spiro atoms. The lowest BCUT2D eigenvalue weighted by Crippen LogP contribution is -2.12. The molecule has 4 heteroatoms. The molecule has 0 N–H and O–H groups in total. The number of nitrogens with zero attached hydrogens (tertiary/aromatic N) is 2. The Hall–Kier alpha value is -8.86. The number of aromatic nitrogens is 1. The number of furan rings is 2. The van der Waals surface area contributed by atoms with E-state index in [-0.39, 0.29) is 0 Å². The molecular weight excluding hydrogens is 805 g/mol. The molecule has 0 fully saturated rings. The van der Waals surface area contributed by atoms with Gasteiger partial charge in [0, 0.05) is 60.2 Å². The summed E-state index contributed by atoms with van der Waals surface area (Å²) in [6.45, 7) is 0. The van der Waals surface area contributed by atoms with Gasteiger partial charge in [-0.15, -0.1) is 0 Å². The number of fused-ring (bicyclic) bond motifs is 12. The Labute approximate surface area is 379 Å². The molecule has 0 aliphatic rings. The van der Waals surface area contributed by atoms with Crippen LogP contribution in [0.2, 0.25) is 0 Å². The minimum Gasteiger partial charge on any atom is -0.455 e. The average Bonchev–Trinajstić information content (AvgIpc) is 4.06. The molecule has 0 atom stereocenters. The van der Waals surface area contributed by atoms with Gasteiger partial charge in [-0.2, -0.15) is 0 Å². The van der Waals surface area contributed by atoms with Crippen LogP contribution in [0.25, 0.3) is 115 Å². The van der Waals surface area contributed by atoms with Crippen molar-refractivity contribution >= 4 is 104 Å². The van der Waals surface area contributed by atoms with Gasteiger partial charge in [0.05, 0.1) is 22.4 Å². The van der Waals surface area contributed by atoms with E-state index in [2.05, 4.69) is 228 Å². The minimum absolute atomic E-state index is 0.839. The summed E-state index contributed by atoms with van der Waals surface area (Å²) in [7, 11) is 0. The molecular formula is C62H38N2O2. The summed E-state index contributed by atoms with van der Waals surface area (Å²) in [6.07, 6.45) is 0. The van der Waals surface area contributed by atoms with Gasteiger partial charge >= 0.3 is 0 Å². The monoisotopic (exact) mass is 842 g/mol. The second-order valence-corrected chi connectivity index (χ2v) is 17.2. The summed E-state index contributed by atoms with van der Waals surface area (Å²) in [4.78, 5) is 2.45. The second kappa shape index (κ2) is 14.3. The number of hydrogen-bond acceptors (Lipinski definition) is 3. The summed E-state index contributed by atoms with van der Waals surface area (Å²) in [5.41, 5.74) is 14.1. The first-order chi connectivity index (χ1) is 32.7. The lowest BCUT2D eigenvalue weighted by atomic mass is 9.95. The topological polar surface area (TPSA) is 34.5 Å². The maximum absolute atomic E-state index is 7.05. The molecule has 0 aliphatic carbocycles. The highest BCUT2D eigenvalue weighted by Gasteiger charge is 2.26. The first kappa shape index (κ1) is 36.6. The molecule has 0 amide bonds. The number of para-hydroxylation sites is 5.